The van der Waals surface area contributed by atoms with E-state index in [4.69, 9.17) is 8.85 Å². The van der Waals surface area contributed by atoms with E-state index in [1.807, 2.05) is 10.4 Å². The van der Waals surface area contributed by atoms with Crippen LogP contribution >= 0.6 is 0 Å². The number of halogens is 3. The average Bonchev–Trinajstić information content (AvgIpc) is 3.67. The van der Waals surface area contributed by atoms with Gasteiger partial charge in [-0.05, 0) is 25.0 Å². The number of nitrogens with zero attached hydrogens (tertiary/aromatic N) is 5. The number of ether oxygens (including phenoxy) is 1. The number of amides is 2. The summed E-state index contributed by atoms with van der Waals surface area (Å²) in [5.41, 5.74) is -0.976. The maximum atomic E-state index is 13.3. The molecule has 40 heavy (non-hydrogen) atoms. The number of methoxy groups -OCH3 is 1. The van der Waals surface area contributed by atoms with Gasteiger partial charge in [0.2, 0.25) is 5.91 Å². The maximum absolute atomic E-state index is 13.3. The number of rotatable bonds is 8. The van der Waals surface area contributed by atoms with E-state index in [2.05, 4.69) is 35.9 Å². The van der Waals surface area contributed by atoms with E-state index in [1.54, 1.807) is 18.2 Å². The maximum Gasteiger partial charge on any atom is 0.433 e. The lowest BCUT2D eigenvalue weighted by molar-refractivity contribution is -0.140. The zero-order valence-electron chi connectivity index (χ0n) is 23.6. The van der Waals surface area contributed by atoms with Gasteiger partial charge in [-0.3, -0.25) is 14.7 Å². The Morgan fingerprint density at radius 1 is 1.10 bits per heavy atom. The van der Waals surface area contributed by atoms with Gasteiger partial charge in [0.25, 0.3) is 5.91 Å². The Hall–Kier alpha value is -5.08. The van der Waals surface area contributed by atoms with E-state index >= 15 is 0 Å². The number of anilines is 3. The summed E-state index contributed by atoms with van der Waals surface area (Å²) in [6.07, 6.45) is 0.261. The van der Waals surface area contributed by atoms with Crippen molar-refractivity contribution < 1.29 is 31.6 Å². The van der Waals surface area contributed by atoms with Crippen LogP contribution in [0.15, 0.2) is 42.9 Å². The molecule has 4 N–H and O–H groups in total. The molecule has 12 nitrogen and oxygen atoms in total. The lowest BCUT2D eigenvalue weighted by Gasteiger charge is -2.16. The second kappa shape index (κ2) is 10.6. The van der Waals surface area contributed by atoms with Crippen molar-refractivity contribution in [2.24, 2.45) is 5.92 Å². The Morgan fingerprint density at radius 2 is 1.88 bits per heavy atom. The summed E-state index contributed by atoms with van der Waals surface area (Å²) in [6.45, 7) is -2.81. The molecule has 1 aromatic carbocycles. The molecule has 5 rings (SSSR count). The predicted molar refractivity (Wildman–Crippen MR) is 137 cm³/mol. The number of H-pyrrole nitrogens is 1. The number of nitrogens with one attached hydrogen (secondary N) is 4. The minimum atomic E-state index is -4.66. The summed E-state index contributed by atoms with van der Waals surface area (Å²) in [7, 11) is 1.35. The first kappa shape index (κ1) is 22.9. The Morgan fingerprint density at radius 3 is 2.55 bits per heavy atom. The minimum absolute atomic E-state index is 0.00537. The van der Waals surface area contributed by atoms with E-state index in [1.165, 1.54) is 25.6 Å². The van der Waals surface area contributed by atoms with Crippen LogP contribution in [0.2, 0.25) is 0 Å². The van der Waals surface area contributed by atoms with Gasteiger partial charge in [0.1, 0.15) is 5.69 Å². The van der Waals surface area contributed by atoms with E-state index in [9.17, 15) is 22.8 Å². The number of carbonyl (C=O) groups is 2. The lowest BCUT2D eigenvalue weighted by atomic mass is 10.1. The standard InChI is InChI=1S/C25H22F3N9O3/c1-29-24(39)19-17(8-18(35-36-19)34-23(38)12-6-7-12)33-16-5-3-4-14(20(16)40-2)22-30-9-13(10-31-22)15-11-32-37-21(15)25(26,27)28/h3-5,8-12H,6-7H2,1-2H3,(H,29,39)(H,32,37)(H2,33,34,35,38)/i1D3. The fourth-order valence-corrected chi connectivity index (χ4v) is 3.85. The van der Waals surface area contributed by atoms with Crippen LogP contribution in [0.25, 0.3) is 22.5 Å². The molecule has 1 aliphatic carbocycles. The van der Waals surface area contributed by atoms with Gasteiger partial charge >= 0.3 is 6.18 Å². The van der Waals surface area contributed by atoms with Gasteiger partial charge in [0.05, 0.1) is 30.2 Å². The number of carbonyl (C=O) groups excluding carboxylic acids is 2. The molecule has 206 valence electrons. The molecule has 15 heteroatoms. The second-order valence-corrected chi connectivity index (χ2v) is 8.67. The van der Waals surface area contributed by atoms with E-state index in [0.29, 0.717) is 5.56 Å². The molecule has 4 aromatic rings. The zero-order chi connectivity index (χ0) is 30.9. The van der Waals surface area contributed by atoms with Crippen molar-refractivity contribution >= 4 is 29.0 Å². The van der Waals surface area contributed by atoms with Crippen molar-refractivity contribution in [3.05, 3.63) is 54.2 Å². The van der Waals surface area contributed by atoms with Crippen LogP contribution in [0.5, 0.6) is 5.75 Å². The van der Waals surface area contributed by atoms with Crippen molar-refractivity contribution in [3.63, 3.8) is 0 Å². The minimum Gasteiger partial charge on any atom is -0.494 e. The van der Waals surface area contributed by atoms with Crippen LogP contribution in [0.3, 0.4) is 0 Å². The third-order valence-electron chi connectivity index (χ3n) is 5.94. The van der Waals surface area contributed by atoms with Crippen LogP contribution in [0, 0.1) is 5.92 Å². The number of aromatic nitrogens is 6. The number of hydrogen-bond acceptors (Lipinski definition) is 9. The van der Waals surface area contributed by atoms with Crippen molar-refractivity contribution in [1.29, 1.82) is 0 Å². The Bertz CT molecular complexity index is 1670. The average molecular weight is 557 g/mol. The van der Waals surface area contributed by atoms with Crippen molar-refractivity contribution in [3.8, 4) is 28.3 Å². The summed E-state index contributed by atoms with van der Waals surface area (Å²) in [4.78, 5) is 33.5. The largest absolute Gasteiger partial charge is 0.494 e. The highest BCUT2D eigenvalue weighted by Crippen LogP contribution is 2.39. The van der Waals surface area contributed by atoms with Gasteiger partial charge in [0, 0.05) is 46.6 Å². The molecule has 1 aliphatic rings. The highest BCUT2D eigenvalue weighted by atomic mass is 19.4. The molecule has 1 fully saturated rings. The van der Waals surface area contributed by atoms with E-state index < -0.39 is 24.8 Å². The molecule has 0 bridgehead atoms. The van der Waals surface area contributed by atoms with Gasteiger partial charge in [-0.25, -0.2) is 9.97 Å². The molecular formula is C25H22F3N9O3. The van der Waals surface area contributed by atoms with Crippen LogP contribution in [-0.2, 0) is 11.0 Å². The topological polar surface area (TPSA) is 160 Å². The number of aromatic amines is 1. The van der Waals surface area contributed by atoms with Crippen molar-refractivity contribution in [2.45, 2.75) is 19.0 Å². The first-order valence-corrected chi connectivity index (χ1v) is 11.7. The Labute approximate surface area is 229 Å². The summed E-state index contributed by atoms with van der Waals surface area (Å²) >= 11 is 0. The molecule has 3 aromatic heterocycles. The van der Waals surface area contributed by atoms with Gasteiger partial charge < -0.3 is 20.7 Å². The summed E-state index contributed by atoms with van der Waals surface area (Å²) < 4.78 is 67.6. The normalized spacial score (nSPS) is 14.4. The first-order chi connectivity index (χ1) is 20.3. The first-order valence-electron chi connectivity index (χ1n) is 13.2. The molecule has 0 spiro atoms. The van der Waals surface area contributed by atoms with E-state index in [0.717, 1.165) is 19.0 Å². The molecule has 1 saturated carbocycles. The van der Waals surface area contributed by atoms with Crippen LogP contribution in [-0.4, -0.2) is 56.3 Å². The van der Waals surface area contributed by atoms with Crippen molar-refractivity contribution in [2.75, 3.05) is 24.7 Å². The third kappa shape index (κ3) is 5.39. The molecule has 0 saturated heterocycles. The quantitative estimate of drug-likeness (QED) is 0.253. The van der Waals surface area contributed by atoms with Gasteiger partial charge in [-0.1, -0.05) is 6.07 Å². The zero-order valence-corrected chi connectivity index (χ0v) is 20.6. The number of benzene rings is 1. The third-order valence-corrected chi connectivity index (χ3v) is 5.94. The lowest BCUT2D eigenvalue weighted by Crippen LogP contribution is -2.22. The second-order valence-electron chi connectivity index (χ2n) is 8.67. The number of para-hydroxylation sites is 1. The fourth-order valence-electron chi connectivity index (χ4n) is 3.85. The SMILES string of the molecule is [2H]C([2H])([2H])NC(=O)c1nnc(NC(=O)C2CC2)cc1Nc1cccc(-c2ncc(-c3cn[nH]c3C(F)(F)F)cn2)c1OC. The van der Waals surface area contributed by atoms with Gasteiger partial charge in [-0.15, -0.1) is 10.2 Å². The molecular weight excluding hydrogens is 531 g/mol. The Balaban J connectivity index is 1.49. The van der Waals surface area contributed by atoms with Crippen LogP contribution in [0.4, 0.5) is 30.4 Å². The molecule has 3 heterocycles. The molecule has 0 unspecified atom stereocenters. The highest BCUT2D eigenvalue weighted by molar-refractivity contribution is 6.00. The number of hydrogen-bond donors (Lipinski definition) is 4. The molecule has 2 amide bonds. The summed E-state index contributed by atoms with van der Waals surface area (Å²) in [6, 6.07) is 6.10. The van der Waals surface area contributed by atoms with Gasteiger partial charge in [0.15, 0.2) is 23.1 Å². The molecule has 0 radical (unpaired) electrons. The Kier molecular flexibility index (Phi) is 6.05. The summed E-state index contributed by atoms with van der Waals surface area (Å²) in [5.74, 6) is -1.16. The smallest absolute Gasteiger partial charge is 0.433 e. The number of alkyl halides is 3. The summed E-state index contributed by atoms with van der Waals surface area (Å²) in [5, 5.41) is 20.5. The van der Waals surface area contributed by atoms with Crippen LogP contribution in [0.1, 0.15) is 33.1 Å². The predicted octanol–water partition coefficient (Wildman–Crippen LogP) is 3.80. The van der Waals surface area contributed by atoms with Crippen LogP contribution < -0.4 is 20.7 Å². The van der Waals surface area contributed by atoms with E-state index in [-0.39, 0.29) is 57.4 Å². The fraction of sp³-hybridized carbons (Fsp3) is 0.240. The molecule has 0 atom stereocenters. The van der Waals surface area contributed by atoms with Gasteiger partial charge in [-0.2, -0.15) is 18.3 Å². The monoisotopic (exact) mass is 556 g/mol. The molecule has 0 aliphatic heterocycles. The van der Waals surface area contributed by atoms with Crippen molar-refractivity contribution in [1.82, 2.24) is 35.7 Å². The highest BCUT2D eigenvalue weighted by Gasteiger charge is 2.36.